The van der Waals surface area contributed by atoms with Crippen molar-refractivity contribution in [1.82, 2.24) is 5.32 Å². The molecule has 0 aliphatic heterocycles. The van der Waals surface area contributed by atoms with Crippen LogP contribution in [0.3, 0.4) is 0 Å². The Morgan fingerprint density at radius 3 is 2.14 bits per heavy atom. The zero-order valence-electron chi connectivity index (χ0n) is 8.79. The molecule has 1 unspecified atom stereocenters. The Morgan fingerprint density at radius 1 is 1.29 bits per heavy atom. The van der Waals surface area contributed by atoms with E-state index in [1.165, 1.54) is 0 Å². The van der Waals surface area contributed by atoms with Gasteiger partial charge in [0.05, 0.1) is 0 Å². The lowest BCUT2D eigenvalue weighted by molar-refractivity contribution is -0.120. The number of aryl methyl sites for hydroxylation is 2. The van der Waals surface area contributed by atoms with Gasteiger partial charge in [0, 0.05) is 0 Å². The van der Waals surface area contributed by atoms with Crippen LogP contribution < -0.4 is 11.1 Å². The molecule has 3 nitrogen and oxygen atoms in total. The second kappa shape index (κ2) is 4.24. The van der Waals surface area contributed by atoms with Crippen molar-refractivity contribution >= 4 is 5.91 Å². The average Bonchev–Trinajstić information content (AvgIpc) is 2.02. The van der Waals surface area contributed by atoms with Gasteiger partial charge in [-0.05, 0) is 26.5 Å². The van der Waals surface area contributed by atoms with Crippen LogP contribution in [0, 0.1) is 13.8 Å². The van der Waals surface area contributed by atoms with Gasteiger partial charge in [-0.25, -0.2) is 0 Å². The summed E-state index contributed by atoms with van der Waals surface area (Å²) in [5.41, 5.74) is 8.49. The maximum atomic E-state index is 11.1. The van der Waals surface area contributed by atoms with Gasteiger partial charge in [-0.2, -0.15) is 0 Å². The highest BCUT2D eigenvalue weighted by molar-refractivity contribution is 5.81. The quantitative estimate of drug-likeness (QED) is 0.752. The fraction of sp³-hybridized carbons (Fsp3) is 0.364. The number of nitrogens with two attached hydrogens (primary N) is 1. The highest BCUT2D eigenvalue weighted by atomic mass is 16.1. The summed E-state index contributed by atoms with van der Waals surface area (Å²) in [4.78, 5) is 11.1. The van der Waals surface area contributed by atoms with Crippen molar-refractivity contribution in [2.24, 2.45) is 5.73 Å². The maximum absolute atomic E-state index is 11.1. The van der Waals surface area contributed by atoms with E-state index in [1.807, 2.05) is 26.0 Å². The molecule has 0 saturated heterocycles. The van der Waals surface area contributed by atoms with E-state index in [-0.39, 0.29) is 5.91 Å². The van der Waals surface area contributed by atoms with Gasteiger partial charge in [-0.1, -0.05) is 29.3 Å². The van der Waals surface area contributed by atoms with E-state index < -0.39 is 6.04 Å². The van der Waals surface area contributed by atoms with Crippen molar-refractivity contribution < 1.29 is 4.79 Å². The zero-order chi connectivity index (χ0) is 10.7. The molecule has 3 heteroatoms. The first kappa shape index (κ1) is 10.7. The average molecular weight is 192 g/mol. The lowest BCUT2D eigenvalue weighted by Gasteiger charge is -2.13. The van der Waals surface area contributed by atoms with Crippen LogP contribution in [0.2, 0.25) is 0 Å². The van der Waals surface area contributed by atoms with Gasteiger partial charge in [0.25, 0.3) is 0 Å². The molecule has 0 heterocycles. The van der Waals surface area contributed by atoms with E-state index in [0.29, 0.717) is 0 Å². The van der Waals surface area contributed by atoms with Crippen LogP contribution in [0.25, 0.3) is 0 Å². The van der Waals surface area contributed by atoms with Crippen LogP contribution in [0.15, 0.2) is 18.2 Å². The number of carbonyl (C=O) groups excluding carboxylic acids is 1. The summed E-state index contributed by atoms with van der Waals surface area (Å²) >= 11 is 0. The Kier molecular flexibility index (Phi) is 3.25. The SMILES string of the molecule is CNC(C(N)=O)c1cc(C)cc(C)c1. The van der Waals surface area contributed by atoms with Crippen LogP contribution in [-0.2, 0) is 4.79 Å². The van der Waals surface area contributed by atoms with Crippen molar-refractivity contribution in [2.75, 3.05) is 7.05 Å². The third-order valence-corrected chi connectivity index (χ3v) is 2.15. The van der Waals surface area contributed by atoms with E-state index in [9.17, 15) is 4.79 Å². The first-order valence-corrected chi connectivity index (χ1v) is 4.59. The standard InChI is InChI=1S/C11H16N2O/c1-7-4-8(2)6-9(5-7)10(13-3)11(12)14/h4-6,10,13H,1-3H3,(H2,12,14). The monoisotopic (exact) mass is 192 g/mol. The third kappa shape index (κ3) is 2.33. The van der Waals surface area contributed by atoms with Gasteiger partial charge < -0.3 is 11.1 Å². The smallest absolute Gasteiger partial charge is 0.239 e. The number of benzene rings is 1. The van der Waals surface area contributed by atoms with Gasteiger partial charge in [0.2, 0.25) is 5.91 Å². The van der Waals surface area contributed by atoms with Gasteiger partial charge in [-0.3, -0.25) is 4.79 Å². The Balaban J connectivity index is 3.10. The molecule has 0 fully saturated rings. The van der Waals surface area contributed by atoms with E-state index in [1.54, 1.807) is 7.05 Å². The van der Waals surface area contributed by atoms with Crippen molar-refractivity contribution in [3.8, 4) is 0 Å². The molecule has 0 radical (unpaired) electrons. The van der Waals surface area contributed by atoms with E-state index in [0.717, 1.165) is 16.7 Å². The number of amides is 1. The van der Waals surface area contributed by atoms with Crippen molar-refractivity contribution in [3.63, 3.8) is 0 Å². The maximum Gasteiger partial charge on any atom is 0.239 e. The minimum Gasteiger partial charge on any atom is -0.368 e. The van der Waals surface area contributed by atoms with Crippen LogP contribution in [0.1, 0.15) is 22.7 Å². The number of hydrogen-bond acceptors (Lipinski definition) is 2. The molecule has 0 aliphatic rings. The number of nitrogens with one attached hydrogen (secondary N) is 1. The molecule has 0 saturated carbocycles. The molecule has 3 N–H and O–H groups in total. The topological polar surface area (TPSA) is 55.1 Å². The zero-order valence-corrected chi connectivity index (χ0v) is 8.79. The normalized spacial score (nSPS) is 12.5. The molecule has 0 spiro atoms. The Hall–Kier alpha value is -1.35. The predicted molar refractivity (Wildman–Crippen MR) is 56.9 cm³/mol. The molecule has 1 amide bonds. The lowest BCUT2D eigenvalue weighted by Crippen LogP contribution is -2.31. The fourth-order valence-corrected chi connectivity index (χ4v) is 1.65. The van der Waals surface area contributed by atoms with Gasteiger partial charge in [-0.15, -0.1) is 0 Å². The summed E-state index contributed by atoms with van der Waals surface area (Å²) in [7, 11) is 1.73. The number of likely N-dealkylation sites (N-methyl/N-ethyl adjacent to an activating group) is 1. The minimum atomic E-state index is -0.395. The van der Waals surface area contributed by atoms with E-state index in [2.05, 4.69) is 11.4 Å². The first-order valence-electron chi connectivity index (χ1n) is 4.59. The summed E-state index contributed by atoms with van der Waals surface area (Å²) in [5, 5.41) is 2.90. The second-order valence-electron chi connectivity index (χ2n) is 3.55. The second-order valence-corrected chi connectivity index (χ2v) is 3.55. The first-order chi connectivity index (χ1) is 6.54. The van der Waals surface area contributed by atoms with Gasteiger partial charge in [0.15, 0.2) is 0 Å². The molecule has 14 heavy (non-hydrogen) atoms. The minimum absolute atomic E-state index is 0.350. The van der Waals surface area contributed by atoms with E-state index in [4.69, 9.17) is 5.73 Å². The van der Waals surface area contributed by atoms with Crippen LogP contribution in [0.4, 0.5) is 0 Å². The van der Waals surface area contributed by atoms with Crippen LogP contribution in [0.5, 0.6) is 0 Å². The number of carbonyl (C=O) groups is 1. The highest BCUT2D eigenvalue weighted by Gasteiger charge is 2.15. The molecule has 0 aliphatic carbocycles. The molecule has 1 rings (SSSR count). The predicted octanol–water partition coefficient (Wildman–Crippen LogP) is 1.05. The molecule has 0 bridgehead atoms. The molecule has 0 aromatic heterocycles. The third-order valence-electron chi connectivity index (χ3n) is 2.15. The fourth-order valence-electron chi connectivity index (χ4n) is 1.65. The lowest BCUT2D eigenvalue weighted by atomic mass is 10.0. The Bertz CT molecular complexity index is 327. The Labute approximate surface area is 84.3 Å². The molecular formula is C11H16N2O. The largest absolute Gasteiger partial charge is 0.368 e. The summed E-state index contributed by atoms with van der Waals surface area (Å²) in [5.74, 6) is -0.350. The number of primary amides is 1. The van der Waals surface area contributed by atoms with Crippen molar-refractivity contribution in [1.29, 1.82) is 0 Å². The van der Waals surface area contributed by atoms with Gasteiger partial charge >= 0.3 is 0 Å². The van der Waals surface area contributed by atoms with Crippen molar-refractivity contribution in [2.45, 2.75) is 19.9 Å². The highest BCUT2D eigenvalue weighted by Crippen LogP contribution is 2.16. The van der Waals surface area contributed by atoms with Crippen LogP contribution >= 0.6 is 0 Å². The molecular weight excluding hydrogens is 176 g/mol. The summed E-state index contributed by atoms with van der Waals surface area (Å²) in [6, 6.07) is 5.61. The van der Waals surface area contributed by atoms with Crippen LogP contribution in [-0.4, -0.2) is 13.0 Å². The molecule has 76 valence electrons. The Morgan fingerprint density at radius 2 is 1.79 bits per heavy atom. The summed E-state index contributed by atoms with van der Waals surface area (Å²) < 4.78 is 0. The van der Waals surface area contributed by atoms with Crippen molar-refractivity contribution in [3.05, 3.63) is 34.9 Å². The number of rotatable bonds is 3. The molecule has 1 aromatic rings. The summed E-state index contributed by atoms with van der Waals surface area (Å²) in [6.45, 7) is 4.01. The van der Waals surface area contributed by atoms with Gasteiger partial charge in [0.1, 0.15) is 6.04 Å². The molecule has 1 atom stereocenters. The number of hydrogen-bond donors (Lipinski definition) is 2. The molecule has 1 aromatic carbocycles. The van der Waals surface area contributed by atoms with E-state index >= 15 is 0 Å². The summed E-state index contributed by atoms with van der Waals surface area (Å²) in [6.07, 6.45) is 0.